The zero-order valence-corrected chi connectivity index (χ0v) is 13.8. The van der Waals surface area contributed by atoms with Crippen molar-refractivity contribution in [1.82, 2.24) is 0 Å². The highest BCUT2D eigenvalue weighted by molar-refractivity contribution is 8.13. The van der Waals surface area contributed by atoms with Crippen LogP contribution in [0, 0.1) is 0 Å². The van der Waals surface area contributed by atoms with E-state index in [0.717, 1.165) is 12.8 Å². The molecule has 118 valence electrons. The number of rotatable bonds is 9. The molecule has 1 aromatic carbocycles. The number of halogens is 1. The van der Waals surface area contributed by atoms with E-state index in [1.54, 1.807) is 0 Å². The van der Waals surface area contributed by atoms with E-state index < -0.39 is 9.05 Å². The zero-order valence-electron chi connectivity index (χ0n) is 12.3. The lowest BCUT2D eigenvalue weighted by atomic mass is 10.1. The lowest BCUT2D eigenvalue weighted by Gasteiger charge is -2.06. The van der Waals surface area contributed by atoms with Gasteiger partial charge in [-0.2, -0.15) is 0 Å². The van der Waals surface area contributed by atoms with Gasteiger partial charge in [0.05, 0.1) is 4.90 Å². The van der Waals surface area contributed by atoms with Crippen LogP contribution in [0.1, 0.15) is 51.9 Å². The van der Waals surface area contributed by atoms with E-state index in [9.17, 15) is 13.2 Å². The van der Waals surface area contributed by atoms with Crippen LogP contribution in [-0.4, -0.2) is 14.3 Å². The third kappa shape index (κ3) is 7.48. The quantitative estimate of drug-likeness (QED) is 0.542. The first kappa shape index (κ1) is 18.0. The van der Waals surface area contributed by atoms with E-state index in [4.69, 9.17) is 10.7 Å². The van der Waals surface area contributed by atoms with Crippen molar-refractivity contribution in [3.05, 3.63) is 24.3 Å². The molecule has 0 atom stereocenters. The average molecular weight is 332 g/mol. The number of carbonyl (C=O) groups excluding carboxylic acids is 1. The van der Waals surface area contributed by atoms with Gasteiger partial charge in [0.15, 0.2) is 0 Å². The summed E-state index contributed by atoms with van der Waals surface area (Å²) in [6.45, 7) is 2.17. The Morgan fingerprint density at radius 1 is 1.05 bits per heavy atom. The highest BCUT2D eigenvalue weighted by Crippen LogP contribution is 2.18. The Hall–Kier alpha value is -1.07. The summed E-state index contributed by atoms with van der Waals surface area (Å²) in [4.78, 5) is 11.8. The Morgan fingerprint density at radius 3 is 2.19 bits per heavy atom. The van der Waals surface area contributed by atoms with Crippen molar-refractivity contribution in [2.45, 2.75) is 56.8 Å². The van der Waals surface area contributed by atoms with Gasteiger partial charge in [-0.05, 0) is 30.7 Å². The van der Waals surface area contributed by atoms with Crippen LogP contribution in [0.25, 0.3) is 0 Å². The van der Waals surface area contributed by atoms with Gasteiger partial charge in [-0.25, -0.2) is 8.42 Å². The highest BCUT2D eigenvalue weighted by atomic mass is 35.7. The van der Waals surface area contributed by atoms with Crippen LogP contribution in [0.4, 0.5) is 5.69 Å². The summed E-state index contributed by atoms with van der Waals surface area (Å²) in [6, 6.07) is 5.83. The number of hydrogen-bond donors (Lipinski definition) is 1. The van der Waals surface area contributed by atoms with Crippen LogP contribution in [0.2, 0.25) is 0 Å². The molecule has 1 rings (SSSR count). The van der Waals surface area contributed by atoms with Gasteiger partial charge in [0.2, 0.25) is 5.91 Å². The van der Waals surface area contributed by atoms with Crippen molar-refractivity contribution in [1.29, 1.82) is 0 Å². The summed E-state index contributed by atoms with van der Waals surface area (Å²) in [5, 5.41) is 2.75. The molecule has 21 heavy (non-hydrogen) atoms. The van der Waals surface area contributed by atoms with Crippen LogP contribution in [0.3, 0.4) is 0 Å². The number of anilines is 1. The SMILES string of the molecule is CCCCCCCCC(=O)Nc1ccc(S(=O)(=O)Cl)cc1. The lowest BCUT2D eigenvalue weighted by Crippen LogP contribution is -2.11. The monoisotopic (exact) mass is 331 g/mol. The summed E-state index contributed by atoms with van der Waals surface area (Å²) < 4.78 is 22.2. The number of nitrogens with one attached hydrogen (secondary N) is 1. The van der Waals surface area contributed by atoms with E-state index in [2.05, 4.69) is 12.2 Å². The topological polar surface area (TPSA) is 63.2 Å². The van der Waals surface area contributed by atoms with E-state index >= 15 is 0 Å². The van der Waals surface area contributed by atoms with E-state index in [1.165, 1.54) is 49.9 Å². The van der Waals surface area contributed by atoms with E-state index in [0.29, 0.717) is 12.1 Å². The molecule has 1 aromatic rings. The molecule has 6 heteroatoms. The van der Waals surface area contributed by atoms with Crippen LogP contribution in [0.5, 0.6) is 0 Å². The first-order chi connectivity index (χ1) is 9.93. The van der Waals surface area contributed by atoms with Gasteiger partial charge in [-0.1, -0.05) is 39.0 Å². The molecule has 1 N–H and O–H groups in total. The van der Waals surface area contributed by atoms with E-state index in [-0.39, 0.29) is 10.8 Å². The van der Waals surface area contributed by atoms with Crippen LogP contribution in [-0.2, 0) is 13.8 Å². The summed E-state index contributed by atoms with van der Waals surface area (Å²) in [7, 11) is 1.51. The molecule has 1 amide bonds. The van der Waals surface area contributed by atoms with Gasteiger partial charge in [0.25, 0.3) is 9.05 Å². The first-order valence-corrected chi connectivity index (χ1v) is 9.59. The smallest absolute Gasteiger partial charge is 0.261 e. The highest BCUT2D eigenvalue weighted by Gasteiger charge is 2.09. The Labute approximate surface area is 131 Å². The van der Waals surface area contributed by atoms with Crippen molar-refractivity contribution in [3.63, 3.8) is 0 Å². The normalized spacial score (nSPS) is 11.3. The van der Waals surface area contributed by atoms with Gasteiger partial charge in [0, 0.05) is 22.8 Å². The Kier molecular flexibility index (Phi) is 7.75. The maximum absolute atomic E-state index is 11.7. The third-order valence-corrected chi connectivity index (χ3v) is 4.55. The van der Waals surface area contributed by atoms with Crippen molar-refractivity contribution >= 4 is 31.3 Å². The molecule has 0 spiro atoms. The lowest BCUT2D eigenvalue weighted by molar-refractivity contribution is -0.116. The molecule has 0 aliphatic heterocycles. The molecule has 0 heterocycles. The molecule has 4 nitrogen and oxygen atoms in total. The van der Waals surface area contributed by atoms with Crippen LogP contribution < -0.4 is 5.32 Å². The van der Waals surface area contributed by atoms with Crippen molar-refractivity contribution in [3.8, 4) is 0 Å². The number of carbonyl (C=O) groups is 1. The van der Waals surface area contributed by atoms with E-state index in [1.807, 2.05) is 0 Å². The summed E-state index contributed by atoms with van der Waals surface area (Å²) >= 11 is 0. The fraction of sp³-hybridized carbons (Fsp3) is 0.533. The average Bonchev–Trinajstić information content (AvgIpc) is 2.42. The molecule has 0 aliphatic carbocycles. The van der Waals surface area contributed by atoms with Gasteiger partial charge < -0.3 is 5.32 Å². The number of benzene rings is 1. The number of hydrogen-bond acceptors (Lipinski definition) is 3. The molecule has 0 saturated carbocycles. The molecule has 0 unspecified atom stereocenters. The van der Waals surface area contributed by atoms with Crippen molar-refractivity contribution in [2.24, 2.45) is 0 Å². The maximum Gasteiger partial charge on any atom is 0.261 e. The Bertz CT molecular complexity index is 541. The molecule has 0 saturated heterocycles. The predicted octanol–water partition coefficient (Wildman–Crippen LogP) is 4.30. The third-order valence-electron chi connectivity index (χ3n) is 3.18. The van der Waals surface area contributed by atoms with Crippen LogP contribution >= 0.6 is 10.7 Å². The molecule has 0 aliphatic rings. The fourth-order valence-electron chi connectivity index (χ4n) is 1.99. The van der Waals surface area contributed by atoms with Crippen molar-refractivity contribution < 1.29 is 13.2 Å². The second kappa shape index (κ2) is 9.05. The molecular weight excluding hydrogens is 310 g/mol. The minimum atomic E-state index is -3.71. The minimum Gasteiger partial charge on any atom is -0.326 e. The standard InChI is InChI=1S/C15H22ClNO3S/c1-2-3-4-5-6-7-8-15(18)17-13-9-11-14(12-10-13)21(16,19)20/h9-12H,2-8H2,1H3,(H,17,18). The van der Waals surface area contributed by atoms with Gasteiger partial charge in [-0.15, -0.1) is 0 Å². The first-order valence-electron chi connectivity index (χ1n) is 7.28. The maximum atomic E-state index is 11.7. The van der Waals surface area contributed by atoms with Gasteiger partial charge in [0.1, 0.15) is 0 Å². The molecule has 0 radical (unpaired) electrons. The van der Waals surface area contributed by atoms with Crippen molar-refractivity contribution in [2.75, 3.05) is 5.32 Å². The summed E-state index contributed by atoms with van der Waals surface area (Å²) in [5.41, 5.74) is 0.579. The molecular formula is C15H22ClNO3S. The largest absolute Gasteiger partial charge is 0.326 e. The molecule has 0 bridgehead atoms. The Balaban J connectivity index is 2.31. The number of unbranched alkanes of at least 4 members (excludes halogenated alkanes) is 5. The number of amides is 1. The predicted molar refractivity (Wildman–Crippen MR) is 86.1 cm³/mol. The zero-order chi connectivity index (χ0) is 15.7. The summed E-state index contributed by atoms with van der Waals surface area (Å²) in [5.74, 6) is -0.0491. The van der Waals surface area contributed by atoms with Gasteiger partial charge in [-0.3, -0.25) is 4.79 Å². The summed E-state index contributed by atoms with van der Waals surface area (Å²) in [6.07, 6.45) is 7.30. The van der Waals surface area contributed by atoms with Crippen LogP contribution in [0.15, 0.2) is 29.2 Å². The molecule has 0 aromatic heterocycles. The second-order valence-electron chi connectivity index (χ2n) is 5.03. The van der Waals surface area contributed by atoms with Gasteiger partial charge >= 0.3 is 0 Å². The Morgan fingerprint density at radius 2 is 1.62 bits per heavy atom. The molecule has 0 fully saturated rings. The minimum absolute atomic E-state index is 0.0260. The fourth-order valence-corrected chi connectivity index (χ4v) is 2.76. The second-order valence-corrected chi connectivity index (χ2v) is 7.59.